The standard InChI is InChI=1S/C16H14FN3O4/c1-24-16(21)10-6-14(20(22)23)15(18-8-10)19-13-7-12(13)9-2-4-11(17)5-3-9/h2-6,8,12-13H,7H2,1H3,(H,18,19)/t12-,13+/m0/s1. The van der Waals surface area contributed by atoms with Gasteiger partial charge in [0.25, 0.3) is 0 Å². The maximum Gasteiger partial charge on any atom is 0.339 e. The van der Waals surface area contributed by atoms with Crippen molar-refractivity contribution in [3.8, 4) is 0 Å². The zero-order valence-corrected chi connectivity index (χ0v) is 12.7. The van der Waals surface area contributed by atoms with E-state index in [4.69, 9.17) is 0 Å². The molecular weight excluding hydrogens is 317 g/mol. The molecule has 1 fully saturated rings. The molecule has 24 heavy (non-hydrogen) atoms. The Balaban J connectivity index is 1.77. The molecule has 0 amide bonds. The number of hydrogen-bond donors (Lipinski definition) is 1. The molecule has 1 aromatic heterocycles. The first-order valence-electron chi connectivity index (χ1n) is 7.24. The van der Waals surface area contributed by atoms with Crippen molar-refractivity contribution in [3.05, 3.63) is 63.6 Å². The number of esters is 1. The van der Waals surface area contributed by atoms with Crippen molar-refractivity contribution in [2.45, 2.75) is 18.4 Å². The quantitative estimate of drug-likeness (QED) is 0.514. The highest BCUT2D eigenvalue weighted by Gasteiger charge is 2.39. The fourth-order valence-corrected chi connectivity index (χ4v) is 2.54. The SMILES string of the molecule is COC(=O)c1cnc(N[C@@H]2C[C@H]2c2ccc(F)cc2)c([N+](=O)[O-])c1. The van der Waals surface area contributed by atoms with E-state index in [1.165, 1.54) is 25.4 Å². The van der Waals surface area contributed by atoms with Crippen LogP contribution < -0.4 is 5.32 Å². The van der Waals surface area contributed by atoms with Crippen molar-refractivity contribution in [1.82, 2.24) is 4.98 Å². The lowest BCUT2D eigenvalue weighted by molar-refractivity contribution is -0.384. The number of halogens is 1. The molecule has 3 rings (SSSR count). The Labute approximate surface area is 136 Å². The average Bonchev–Trinajstić information content (AvgIpc) is 3.34. The largest absolute Gasteiger partial charge is 0.465 e. The summed E-state index contributed by atoms with van der Waals surface area (Å²) in [5.74, 6) is -0.748. The lowest BCUT2D eigenvalue weighted by atomic mass is 10.1. The van der Waals surface area contributed by atoms with Gasteiger partial charge in [0, 0.05) is 24.2 Å². The number of rotatable bonds is 5. The minimum absolute atomic E-state index is 0.0145. The molecule has 1 aromatic carbocycles. The van der Waals surface area contributed by atoms with Gasteiger partial charge in [0.05, 0.1) is 17.6 Å². The van der Waals surface area contributed by atoms with Gasteiger partial charge >= 0.3 is 11.7 Å². The van der Waals surface area contributed by atoms with Gasteiger partial charge in [0.2, 0.25) is 5.82 Å². The fraction of sp³-hybridized carbons (Fsp3) is 0.250. The van der Waals surface area contributed by atoms with Gasteiger partial charge in [-0.15, -0.1) is 0 Å². The van der Waals surface area contributed by atoms with Crippen LogP contribution in [-0.2, 0) is 4.74 Å². The van der Waals surface area contributed by atoms with Crippen LogP contribution in [0.25, 0.3) is 0 Å². The van der Waals surface area contributed by atoms with E-state index >= 15 is 0 Å². The summed E-state index contributed by atoms with van der Waals surface area (Å²) in [4.78, 5) is 26.0. The molecule has 1 aliphatic carbocycles. The number of carbonyl (C=O) groups excluding carboxylic acids is 1. The number of methoxy groups -OCH3 is 1. The third-order valence-corrected chi connectivity index (χ3v) is 3.90. The summed E-state index contributed by atoms with van der Waals surface area (Å²) in [5, 5.41) is 14.2. The van der Waals surface area contributed by atoms with Crippen LogP contribution >= 0.6 is 0 Å². The lowest BCUT2D eigenvalue weighted by Gasteiger charge is -2.07. The minimum Gasteiger partial charge on any atom is -0.465 e. The second-order valence-electron chi connectivity index (χ2n) is 5.48. The highest BCUT2D eigenvalue weighted by molar-refractivity contribution is 5.90. The number of anilines is 1. The summed E-state index contributed by atoms with van der Waals surface area (Å²) in [6.07, 6.45) is 2.00. The summed E-state index contributed by atoms with van der Waals surface area (Å²) in [7, 11) is 1.19. The van der Waals surface area contributed by atoms with Crippen molar-refractivity contribution in [2.24, 2.45) is 0 Å². The van der Waals surface area contributed by atoms with Gasteiger partial charge in [0.15, 0.2) is 0 Å². The molecule has 124 valence electrons. The van der Waals surface area contributed by atoms with Gasteiger partial charge in [-0.25, -0.2) is 14.2 Å². The number of ether oxygens (including phenoxy) is 1. The third-order valence-electron chi connectivity index (χ3n) is 3.90. The molecule has 0 spiro atoms. The zero-order chi connectivity index (χ0) is 17.3. The molecule has 1 aliphatic rings. The van der Waals surface area contributed by atoms with Crippen LogP contribution in [0, 0.1) is 15.9 Å². The topological polar surface area (TPSA) is 94.4 Å². The Bertz CT molecular complexity index is 794. The predicted molar refractivity (Wildman–Crippen MR) is 83.4 cm³/mol. The molecule has 1 N–H and O–H groups in total. The van der Waals surface area contributed by atoms with Gasteiger partial charge in [-0.3, -0.25) is 10.1 Å². The van der Waals surface area contributed by atoms with E-state index in [2.05, 4.69) is 15.0 Å². The molecule has 8 heteroatoms. The first-order valence-corrected chi connectivity index (χ1v) is 7.24. The molecule has 0 aliphatic heterocycles. The van der Waals surface area contributed by atoms with Crippen LogP contribution in [0.5, 0.6) is 0 Å². The van der Waals surface area contributed by atoms with Gasteiger partial charge in [-0.05, 0) is 24.1 Å². The minimum atomic E-state index is -0.687. The molecule has 7 nitrogen and oxygen atoms in total. The van der Waals surface area contributed by atoms with E-state index in [1.807, 2.05) is 0 Å². The van der Waals surface area contributed by atoms with Gasteiger partial charge < -0.3 is 10.1 Å². The first-order chi connectivity index (χ1) is 11.5. The number of nitrogens with one attached hydrogen (secondary N) is 1. The lowest BCUT2D eigenvalue weighted by Crippen LogP contribution is -2.10. The molecule has 0 radical (unpaired) electrons. The van der Waals surface area contributed by atoms with Crippen molar-refractivity contribution in [2.75, 3.05) is 12.4 Å². The highest BCUT2D eigenvalue weighted by Crippen LogP contribution is 2.43. The second-order valence-corrected chi connectivity index (χ2v) is 5.48. The van der Waals surface area contributed by atoms with E-state index in [1.54, 1.807) is 12.1 Å². The summed E-state index contributed by atoms with van der Waals surface area (Å²) >= 11 is 0. The number of pyridine rings is 1. The highest BCUT2D eigenvalue weighted by atomic mass is 19.1. The summed E-state index contributed by atoms with van der Waals surface area (Å²) < 4.78 is 17.5. The van der Waals surface area contributed by atoms with Crippen molar-refractivity contribution < 1.29 is 18.8 Å². The van der Waals surface area contributed by atoms with E-state index in [0.717, 1.165) is 18.1 Å². The normalized spacial score (nSPS) is 18.8. The number of benzene rings is 1. The molecule has 2 atom stereocenters. The van der Waals surface area contributed by atoms with Gasteiger partial charge in [-0.2, -0.15) is 0 Å². The molecule has 0 saturated heterocycles. The zero-order valence-electron chi connectivity index (χ0n) is 12.7. The Morgan fingerprint density at radius 1 is 1.42 bits per heavy atom. The molecular formula is C16H14FN3O4. The second kappa shape index (κ2) is 6.23. The average molecular weight is 331 g/mol. The monoisotopic (exact) mass is 331 g/mol. The molecule has 2 aromatic rings. The predicted octanol–water partition coefficient (Wildman–Crippen LogP) is 2.88. The summed E-state index contributed by atoms with van der Waals surface area (Å²) in [5.41, 5.74) is 0.686. The van der Waals surface area contributed by atoms with E-state index in [-0.39, 0.29) is 34.8 Å². The van der Waals surface area contributed by atoms with E-state index < -0.39 is 10.9 Å². The number of hydrogen-bond acceptors (Lipinski definition) is 6. The van der Waals surface area contributed by atoms with Crippen LogP contribution in [0.3, 0.4) is 0 Å². The van der Waals surface area contributed by atoms with Crippen LogP contribution in [0.15, 0.2) is 36.5 Å². The Morgan fingerprint density at radius 2 is 2.12 bits per heavy atom. The van der Waals surface area contributed by atoms with Crippen molar-refractivity contribution >= 4 is 17.5 Å². The van der Waals surface area contributed by atoms with Crippen LogP contribution in [0.4, 0.5) is 15.9 Å². The maximum atomic E-state index is 13.0. The Kier molecular flexibility index (Phi) is 4.11. The molecule has 0 bridgehead atoms. The van der Waals surface area contributed by atoms with Crippen LogP contribution in [0.1, 0.15) is 28.3 Å². The van der Waals surface area contributed by atoms with Gasteiger partial charge in [-0.1, -0.05) is 12.1 Å². The fourth-order valence-electron chi connectivity index (χ4n) is 2.54. The molecule has 1 heterocycles. The molecule has 1 saturated carbocycles. The first kappa shape index (κ1) is 15.9. The number of nitro groups is 1. The summed E-state index contributed by atoms with van der Waals surface area (Å²) in [6, 6.07) is 7.28. The van der Waals surface area contributed by atoms with Crippen LogP contribution in [0.2, 0.25) is 0 Å². The van der Waals surface area contributed by atoms with Crippen LogP contribution in [-0.4, -0.2) is 29.0 Å². The Hall–Kier alpha value is -3.03. The molecule has 0 unspecified atom stereocenters. The van der Waals surface area contributed by atoms with Gasteiger partial charge in [0.1, 0.15) is 5.82 Å². The van der Waals surface area contributed by atoms with Crippen molar-refractivity contribution in [3.63, 3.8) is 0 Å². The van der Waals surface area contributed by atoms with E-state index in [0.29, 0.717) is 0 Å². The Morgan fingerprint density at radius 3 is 2.75 bits per heavy atom. The van der Waals surface area contributed by atoms with Crippen molar-refractivity contribution in [1.29, 1.82) is 0 Å². The van der Waals surface area contributed by atoms with E-state index in [9.17, 15) is 19.3 Å². The summed E-state index contributed by atoms with van der Waals surface area (Å²) in [6.45, 7) is 0. The number of nitrogens with zero attached hydrogens (tertiary/aromatic N) is 2. The number of carbonyl (C=O) groups is 1. The third kappa shape index (κ3) is 3.17. The smallest absolute Gasteiger partial charge is 0.339 e. The maximum absolute atomic E-state index is 13.0. The number of aromatic nitrogens is 1.